The van der Waals surface area contributed by atoms with E-state index in [1.165, 1.54) is 0 Å². The highest BCUT2D eigenvalue weighted by Crippen LogP contribution is 2.27. The van der Waals surface area contributed by atoms with Gasteiger partial charge in [-0.15, -0.1) is 0 Å². The Morgan fingerprint density at radius 2 is 0.463 bits per heavy atom. The van der Waals surface area contributed by atoms with Crippen LogP contribution in [-0.4, -0.2) is 84.7 Å². The van der Waals surface area contributed by atoms with Crippen LogP contribution in [0.3, 0.4) is 0 Å². The largest absolute Gasteiger partial charge is 0.265 e. The molecule has 460 valence electrons. The van der Waals surface area contributed by atoms with Crippen molar-refractivity contribution in [3.05, 3.63) is 321 Å². The molecule has 0 amide bonds. The number of hydrogen-bond donors (Lipinski definition) is 0. The smallest absolute Gasteiger partial charge is 0.182 e. The number of pyridine rings is 4. The first-order chi connectivity index (χ1) is 46.6. The molecule has 9 heterocycles. The van der Waals surface area contributed by atoms with E-state index < -0.39 is 0 Å². The van der Waals surface area contributed by atoms with Gasteiger partial charge in [0.1, 0.15) is 34.8 Å². The summed E-state index contributed by atoms with van der Waals surface area (Å²) >= 11 is 0. The van der Waals surface area contributed by atoms with Crippen LogP contribution in [0.4, 0.5) is 0 Å². The van der Waals surface area contributed by atoms with E-state index in [1.54, 1.807) is 37.2 Å². The first-order valence-electron chi connectivity index (χ1n) is 30.5. The fourth-order valence-electron chi connectivity index (χ4n) is 9.53. The summed E-state index contributed by atoms with van der Waals surface area (Å²) in [6.07, 6.45) is 12.3. The lowest BCUT2D eigenvalue weighted by molar-refractivity contribution is 0.983. The zero-order valence-corrected chi connectivity index (χ0v) is 52.8. The summed E-state index contributed by atoms with van der Waals surface area (Å²) in [6, 6.07) is 81.3. The molecule has 15 aromatic rings. The summed E-state index contributed by atoms with van der Waals surface area (Å²) in [7, 11) is 0. The van der Waals surface area contributed by atoms with Crippen LogP contribution in [0, 0.1) is 34.6 Å². The highest BCUT2D eigenvalue weighted by atomic mass is 15.1. The minimum Gasteiger partial charge on any atom is -0.265 e. The van der Waals surface area contributed by atoms with E-state index in [1.807, 2.05) is 265 Å². The van der Waals surface area contributed by atoms with Gasteiger partial charge in [-0.2, -0.15) is 0 Å². The number of benzene rings is 6. The van der Waals surface area contributed by atoms with Crippen molar-refractivity contribution >= 4 is 0 Å². The van der Waals surface area contributed by atoms with Crippen LogP contribution in [0.25, 0.3) is 113 Å². The van der Waals surface area contributed by atoms with Gasteiger partial charge in [0.05, 0.1) is 22.8 Å². The molecule has 17 nitrogen and oxygen atoms in total. The number of nitrogens with zero attached hydrogens (tertiary/aromatic N) is 17. The van der Waals surface area contributed by atoms with E-state index in [4.69, 9.17) is 0 Å². The summed E-state index contributed by atoms with van der Waals surface area (Å²) < 4.78 is 0. The molecular weight excluding hydrogens is 1170 g/mol. The van der Waals surface area contributed by atoms with Crippen molar-refractivity contribution in [2.45, 2.75) is 34.6 Å². The van der Waals surface area contributed by atoms with Gasteiger partial charge in [-0.25, -0.2) is 64.8 Å². The SMILES string of the molecule is Cc1nc(-c2ccccc2)cc(-c2cccnc2)n1.Cc1nc(-c2ccccc2)cc(-c2ccncc2)n1.Cc1nc(-c2ccccc2)nc(-c2ccccc2)n1.Cc1nc(-c2ccccc2)nc(-c2ccccn2)n1.Cc1nc(-c2ccccc2)nc(-c2cccnc2)n1. The molecule has 0 bridgehead atoms. The van der Waals surface area contributed by atoms with Crippen molar-refractivity contribution in [2.75, 3.05) is 0 Å². The third-order valence-electron chi connectivity index (χ3n) is 13.9. The Bertz CT molecular complexity index is 3830. The average Bonchev–Trinajstić information content (AvgIpc) is 1.37. The molecule has 17 heteroatoms. The standard InChI is InChI=1S/3C16H13N3.2C15H12N4/c1-12-17-15(13-8-4-2-5-9-13)19-16(18-12)14-10-6-3-7-11-14;1-12-18-15(13-6-3-2-4-7-13)10-16(19-12)14-8-5-9-17-11-14;1-12-18-15(13-5-3-2-4-6-13)11-16(19-12)14-7-9-17-10-8-14;1-11-17-14(12-7-3-2-4-8-12)19-15(18-11)13-9-5-6-10-16-13;1-11-17-14(12-6-3-2-4-7-12)19-15(18-11)13-8-5-9-16-10-13/h3*2-11H,1H3;2*2-10H,1H3. The van der Waals surface area contributed by atoms with E-state index in [-0.39, 0.29) is 0 Å². The maximum atomic E-state index is 4.55. The summed E-state index contributed by atoms with van der Waals surface area (Å²) in [5.74, 6) is 7.70. The van der Waals surface area contributed by atoms with Gasteiger partial charge >= 0.3 is 0 Å². The predicted molar refractivity (Wildman–Crippen MR) is 373 cm³/mol. The highest BCUT2D eigenvalue weighted by molar-refractivity contribution is 5.69. The Morgan fingerprint density at radius 1 is 0.179 bits per heavy atom. The summed E-state index contributed by atoms with van der Waals surface area (Å²) in [4.78, 5) is 74.3. The van der Waals surface area contributed by atoms with Gasteiger partial charge in [-0.1, -0.05) is 188 Å². The van der Waals surface area contributed by atoms with Crippen LogP contribution in [-0.2, 0) is 0 Å². The minimum atomic E-state index is 0.604. The molecule has 95 heavy (non-hydrogen) atoms. The Kier molecular flexibility index (Phi) is 21.6. The van der Waals surface area contributed by atoms with Crippen molar-refractivity contribution in [1.82, 2.24) is 84.7 Å². The van der Waals surface area contributed by atoms with Crippen LogP contribution in [0.2, 0.25) is 0 Å². The molecule has 0 N–H and O–H groups in total. The maximum Gasteiger partial charge on any atom is 0.182 e. The second kappa shape index (κ2) is 32.2. The molecule has 6 aromatic carbocycles. The molecule has 0 aliphatic rings. The molecule has 0 aliphatic carbocycles. The monoisotopic (exact) mass is 1240 g/mol. The Balaban J connectivity index is 0.000000121. The number of aromatic nitrogens is 17. The Hall–Kier alpha value is -12.9. The van der Waals surface area contributed by atoms with Crippen LogP contribution in [0.1, 0.15) is 29.1 Å². The van der Waals surface area contributed by atoms with Crippen LogP contribution in [0.5, 0.6) is 0 Å². The molecule has 0 aliphatic heterocycles. The van der Waals surface area contributed by atoms with Gasteiger partial charge < -0.3 is 0 Å². The van der Waals surface area contributed by atoms with Gasteiger partial charge in [-0.3, -0.25) is 19.9 Å². The first-order valence-corrected chi connectivity index (χ1v) is 30.5. The van der Waals surface area contributed by atoms with E-state index in [9.17, 15) is 0 Å². The van der Waals surface area contributed by atoms with E-state index in [2.05, 4.69) is 109 Å². The van der Waals surface area contributed by atoms with Gasteiger partial charge in [0.25, 0.3) is 0 Å². The van der Waals surface area contributed by atoms with Crippen molar-refractivity contribution in [2.24, 2.45) is 0 Å². The van der Waals surface area contributed by atoms with Gasteiger partial charge in [-0.05, 0) is 95.3 Å². The summed E-state index contributed by atoms with van der Waals surface area (Å²) in [5.41, 5.74) is 13.6. The fourth-order valence-corrected chi connectivity index (χ4v) is 9.53. The molecule has 0 saturated carbocycles. The van der Waals surface area contributed by atoms with E-state index in [0.29, 0.717) is 46.6 Å². The van der Waals surface area contributed by atoms with E-state index in [0.717, 1.165) is 96.0 Å². The van der Waals surface area contributed by atoms with Gasteiger partial charge in [0, 0.05) is 93.4 Å². The van der Waals surface area contributed by atoms with Crippen LogP contribution >= 0.6 is 0 Å². The zero-order chi connectivity index (χ0) is 65.4. The third-order valence-corrected chi connectivity index (χ3v) is 13.9. The number of rotatable bonds is 10. The summed E-state index contributed by atoms with van der Waals surface area (Å²) in [5, 5.41) is 0. The second-order valence-corrected chi connectivity index (χ2v) is 21.1. The molecular formula is C78H63N17. The van der Waals surface area contributed by atoms with Crippen molar-refractivity contribution < 1.29 is 0 Å². The zero-order valence-electron chi connectivity index (χ0n) is 52.8. The van der Waals surface area contributed by atoms with Crippen LogP contribution < -0.4 is 0 Å². The van der Waals surface area contributed by atoms with Gasteiger partial charge in [0.15, 0.2) is 34.9 Å². The number of aryl methyl sites for hydroxylation is 5. The predicted octanol–water partition coefficient (Wildman–Crippen LogP) is 16.4. The van der Waals surface area contributed by atoms with E-state index >= 15 is 0 Å². The van der Waals surface area contributed by atoms with Crippen molar-refractivity contribution in [3.8, 4) is 113 Å². The molecule has 0 saturated heterocycles. The Labute approximate surface area is 551 Å². The maximum absolute atomic E-state index is 4.55. The third kappa shape index (κ3) is 18.2. The highest BCUT2D eigenvalue weighted by Gasteiger charge is 2.13. The number of hydrogen-bond acceptors (Lipinski definition) is 17. The van der Waals surface area contributed by atoms with Crippen molar-refractivity contribution in [1.29, 1.82) is 0 Å². The topological polar surface area (TPSA) is 219 Å². The lowest BCUT2D eigenvalue weighted by Crippen LogP contribution is -2.00. The van der Waals surface area contributed by atoms with Gasteiger partial charge in [0.2, 0.25) is 0 Å². The molecule has 9 aromatic heterocycles. The molecule has 0 atom stereocenters. The molecule has 0 radical (unpaired) electrons. The lowest BCUT2D eigenvalue weighted by atomic mass is 10.1. The minimum absolute atomic E-state index is 0.604. The fraction of sp³-hybridized carbons (Fsp3) is 0.0641. The van der Waals surface area contributed by atoms with Crippen molar-refractivity contribution in [3.63, 3.8) is 0 Å². The first kappa shape index (κ1) is 63.7. The molecule has 0 unspecified atom stereocenters. The normalized spacial score (nSPS) is 10.4. The molecule has 15 rings (SSSR count). The average molecular weight is 1240 g/mol. The molecule has 0 fully saturated rings. The lowest BCUT2D eigenvalue weighted by Gasteiger charge is -2.06. The summed E-state index contributed by atoms with van der Waals surface area (Å²) in [6.45, 7) is 9.44. The quantitative estimate of drug-likeness (QED) is 0.124. The van der Waals surface area contributed by atoms with Crippen LogP contribution in [0.15, 0.2) is 292 Å². The second-order valence-electron chi connectivity index (χ2n) is 21.1. The Morgan fingerprint density at radius 3 is 0.811 bits per heavy atom. The molecule has 0 spiro atoms.